The van der Waals surface area contributed by atoms with Gasteiger partial charge in [0.15, 0.2) is 11.5 Å². The van der Waals surface area contributed by atoms with Crippen LogP contribution < -0.4 is 19.5 Å². The van der Waals surface area contributed by atoms with Crippen molar-refractivity contribution in [3.8, 4) is 11.5 Å². The second-order valence-electron chi connectivity index (χ2n) is 8.79. The van der Waals surface area contributed by atoms with E-state index in [1.54, 1.807) is 48.5 Å². The minimum atomic E-state index is -3.88. The number of carboxylic acid groups (broad SMARTS) is 1. The van der Waals surface area contributed by atoms with E-state index < -0.39 is 16.0 Å². The van der Waals surface area contributed by atoms with Crippen molar-refractivity contribution in [2.75, 3.05) is 24.3 Å². The highest BCUT2D eigenvalue weighted by atomic mass is 32.2. The van der Waals surface area contributed by atoms with Crippen LogP contribution in [-0.2, 0) is 10.0 Å². The van der Waals surface area contributed by atoms with E-state index >= 15 is 0 Å². The van der Waals surface area contributed by atoms with Crippen LogP contribution in [0.1, 0.15) is 39.9 Å². The molecule has 0 spiro atoms. The fraction of sp³-hybridized carbons (Fsp3) is 0.222. The van der Waals surface area contributed by atoms with Crippen molar-refractivity contribution in [2.45, 2.75) is 23.3 Å². The summed E-state index contributed by atoms with van der Waals surface area (Å²) in [5.41, 5.74) is 3.00. The molecule has 3 N–H and O–H groups in total. The monoisotopic (exact) mass is 506 g/mol. The molecule has 2 aliphatic rings. The Labute approximate surface area is 209 Å². The summed E-state index contributed by atoms with van der Waals surface area (Å²) >= 11 is 0. The maximum absolute atomic E-state index is 13.3. The largest absolute Gasteiger partial charge is 0.493 e. The number of hydrogen-bond donors (Lipinski definition) is 3. The normalized spacial score (nSPS) is 20.1. The SMILES string of the molecule is COc1ccc(NS(=O)(=O)c2ccc3c(c2)[C@H]2C=CC[C@H]2[C@@H](c2ccccc2C(=O)O)N3)cc1OC. The molecule has 1 heterocycles. The Hall–Kier alpha value is -3.98. The minimum absolute atomic E-state index is 0.0377. The molecule has 3 aromatic rings. The summed E-state index contributed by atoms with van der Waals surface area (Å²) in [6.07, 6.45) is 4.92. The van der Waals surface area contributed by atoms with Gasteiger partial charge in [-0.15, -0.1) is 0 Å². The molecule has 8 nitrogen and oxygen atoms in total. The molecule has 186 valence electrons. The van der Waals surface area contributed by atoms with Gasteiger partial charge in [0.2, 0.25) is 0 Å². The second-order valence-corrected chi connectivity index (χ2v) is 10.5. The maximum Gasteiger partial charge on any atom is 0.336 e. The number of sulfonamides is 1. The summed E-state index contributed by atoms with van der Waals surface area (Å²) in [7, 11) is -0.881. The lowest BCUT2D eigenvalue weighted by molar-refractivity contribution is 0.0694. The van der Waals surface area contributed by atoms with Crippen LogP contribution in [0.2, 0.25) is 0 Å². The number of carboxylic acids is 1. The zero-order valence-corrected chi connectivity index (χ0v) is 20.6. The summed E-state index contributed by atoms with van der Waals surface area (Å²) in [4.78, 5) is 12.0. The first-order chi connectivity index (χ1) is 17.3. The van der Waals surface area contributed by atoms with E-state index in [1.165, 1.54) is 14.2 Å². The van der Waals surface area contributed by atoms with Gasteiger partial charge in [-0.3, -0.25) is 4.72 Å². The van der Waals surface area contributed by atoms with Crippen molar-refractivity contribution in [1.82, 2.24) is 0 Å². The molecular formula is C27H26N2O6S. The van der Waals surface area contributed by atoms with E-state index in [9.17, 15) is 18.3 Å². The number of nitrogens with one attached hydrogen (secondary N) is 2. The molecule has 1 aliphatic carbocycles. The zero-order chi connectivity index (χ0) is 25.4. The molecule has 0 saturated carbocycles. The van der Waals surface area contributed by atoms with Crippen LogP contribution in [0.5, 0.6) is 11.5 Å². The first-order valence-electron chi connectivity index (χ1n) is 11.5. The van der Waals surface area contributed by atoms with Gasteiger partial charge >= 0.3 is 5.97 Å². The van der Waals surface area contributed by atoms with E-state index in [1.807, 2.05) is 12.1 Å². The summed E-state index contributed by atoms with van der Waals surface area (Å²) in [5, 5.41) is 13.2. The lowest BCUT2D eigenvalue weighted by atomic mass is 9.76. The Morgan fingerprint density at radius 1 is 1.00 bits per heavy atom. The second kappa shape index (κ2) is 9.23. The van der Waals surface area contributed by atoms with Crippen LogP contribution in [0, 0.1) is 5.92 Å². The topological polar surface area (TPSA) is 114 Å². The Balaban J connectivity index is 1.48. The van der Waals surface area contributed by atoms with Gasteiger partial charge < -0.3 is 19.9 Å². The summed E-state index contributed by atoms with van der Waals surface area (Å²) < 4.78 is 39.6. The molecule has 0 unspecified atom stereocenters. The van der Waals surface area contributed by atoms with Crippen molar-refractivity contribution in [2.24, 2.45) is 5.92 Å². The van der Waals surface area contributed by atoms with Crippen molar-refractivity contribution in [3.05, 3.63) is 89.5 Å². The fourth-order valence-corrected chi connectivity index (χ4v) is 6.21. The van der Waals surface area contributed by atoms with Gasteiger partial charge in [0.1, 0.15) is 0 Å². The van der Waals surface area contributed by atoms with Crippen LogP contribution in [0.4, 0.5) is 11.4 Å². The number of allylic oxidation sites excluding steroid dienone is 2. The lowest BCUT2D eigenvalue weighted by Gasteiger charge is -2.38. The molecule has 0 aromatic heterocycles. The summed E-state index contributed by atoms with van der Waals surface area (Å²) in [5.74, 6) is -0.0279. The Kier molecular flexibility index (Phi) is 6.09. The molecule has 9 heteroatoms. The van der Waals surface area contributed by atoms with Crippen LogP contribution in [0.25, 0.3) is 0 Å². The Morgan fingerprint density at radius 2 is 1.78 bits per heavy atom. The van der Waals surface area contributed by atoms with Gasteiger partial charge in [0.25, 0.3) is 10.0 Å². The molecule has 36 heavy (non-hydrogen) atoms. The molecule has 3 aromatic carbocycles. The summed E-state index contributed by atoms with van der Waals surface area (Å²) in [6.45, 7) is 0. The fourth-order valence-electron chi connectivity index (χ4n) is 5.12. The Bertz CT molecular complexity index is 1470. The molecule has 0 fully saturated rings. The predicted molar refractivity (Wildman–Crippen MR) is 137 cm³/mol. The van der Waals surface area contributed by atoms with E-state index in [2.05, 4.69) is 22.2 Å². The van der Waals surface area contributed by atoms with Crippen LogP contribution in [0.3, 0.4) is 0 Å². The number of hydrogen-bond acceptors (Lipinski definition) is 6. The molecule has 0 bridgehead atoms. The van der Waals surface area contributed by atoms with E-state index in [0.29, 0.717) is 17.2 Å². The van der Waals surface area contributed by atoms with Crippen LogP contribution >= 0.6 is 0 Å². The third kappa shape index (κ3) is 4.15. The molecular weight excluding hydrogens is 480 g/mol. The van der Waals surface area contributed by atoms with Gasteiger partial charge in [-0.2, -0.15) is 0 Å². The minimum Gasteiger partial charge on any atom is -0.493 e. The third-order valence-electron chi connectivity index (χ3n) is 6.81. The predicted octanol–water partition coefficient (Wildman–Crippen LogP) is 5.03. The average Bonchev–Trinajstić information content (AvgIpc) is 3.38. The number of fused-ring (bicyclic) bond motifs is 3. The number of ether oxygens (including phenoxy) is 2. The highest BCUT2D eigenvalue weighted by Gasteiger charge is 2.39. The standard InChI is InChI=1S/C27H26N2O6S/c1-34-24-13-10-16(14-25(24)35-2)29-36(32,33)17-11-12-23-22(15-17)18-8-5-9-19(18)26(28-23)20-6-3-4-7-21(20)27(30)31/h3-8,10-15,18-19,26,28-29H,9H2,1-2H3,(H,30,31)/t18-,19+,26-/m0/s1. The van der Waals surface area contributed by atoms with Gasteiger partial charge in [0.05, 0.1) is 36.4 Å². The van der Waals surface area contributed by atoms with Gasteiger partial charge in [-0.05, 0) is 59.9 Å². The van der Waals surface area contributed by atoms with Crippen molar-refractivity contribution < 1.29 is 27.8 Å². The highest BCUT2D eigenvalue weighted by Crippen LogP contribution is 2.50. The molecule has 3 atom stereocenters. The maximum atomic E-state index is 13.3. The highest BCUT2D eigenvalue weighted by molar-refractivity contribution is 7.92. The van der Waals surface area contributed by atoms with Gasteiger partial charge in [-0.25, -0.2) is 13.2 Å². The van der Waals surface area contributed by atoms with Crippen LogP contribution in [0.15, 0.2) is 77.7 Å². The molecule has 0 saturated heterocycles. The number of benzene rings is 3. The van der Waals surface area contributed by atoms with Crippen molar-refractivity contribution >= 4 is 27.4 Å². The molecule has 5 rings (SSSR count). The van der Waals surface area contributed by atoms with E-state index in [-0.39, 0.29) is 28.3 Å². The first kappa shape index (κ1) is 23.7. The average molecular weight is 507 g/mol. The molecule has 0 amide bonds. The smallest absolute Gasteiger partial charge is 0.336 e. The number of aromatic carboxylic acids is 1. The van der Waals surface area contributed by atoms with Gasteiger partial charge in [-0.1, -0.05) is 30.4 Å². The molecule has 0 radical (unpaired) electrons. The quantitative estimate of drug-likeness (QED) is 0.385. The van der Waals surface area contributed by atoms with Crippen LogP contribution in [-0.4, -0.2) is 33.7 Å². The lowest BCUT2D eigenvalue weighted by Crippen LogP contribution is -2.30. The molecule has 1 aliphatic heterocycles. The number of rotatable bonds is 7. The van der Waals surface area contributed by atoms with Crippen molar-refractivity contribution in [1.29, 1.82) is 0 Å². The number of carbonyl (C=O) groups is 1. The zero-order valence-electron chi connectivity index (χ0n) is 19.8. The number of methoxy groups -OCH3 is 2. The number of anilines is 2. The third-order valence-corrected chi connectivity index (χ3v) is 8.19. The summed E-state index contributed by atoms with van der Waals surface area (Å²) in [6, 6.07) is 16.6. The van der Waals surface area contributed by atoms with Crippen molar-refractivity contribution in [3.63, 3.8) is 0 Å². The Morgan fingerprint density at radius 3 is 2.53 bits per heavy atom. The first-order valence-corrected chi connectivity index (χ1v) is 12.9. The van der Waals surface area contributed by atoms with E-state index in [0.717, 1.165) is 23.2 Å². The van der Waals surface area contributed by atoms with E-state index in [4.69, 9.17) is 9.47 Å². The van der Waals surface area contributed by atoms with Gasteiger partial charge in [0, 0.05) is 17.7 Å².